The van der Waals surface area contributed by atoms with Crippen molar-refractivity contribution in [2.24, 2.45) is 0 Å². The third-order valence-electron chi connectivity index (χ3n) is 4.60. The predicted octanol–water partition coefficient (Wildman–Crippen LogP) is 5.41. The topological polar surface area (TPSA) is 62.2 Å². The molecule has 1 heterocycles. The number of para-hydroxylation sites is 1. The number of fused-ring (bicyclic) bond motifs is 1. The van der Waals surface area contributed by atoms with E-state index in [-0.39, 0.29) is 11.7 Å². The molecule has 0 spiro atoms. The highest BCUT2D eigenvalue weighted by Gasteiger charge is 2.12. The Hall–Kier alpha value is -3.18. The first kappa shape index (κ1) is 18.2. The van der Waals surface area contributed by atoms with Gasteiger partial charge < -0.3 is 10.4 Å². The monoisotopic (exact) mass is 388 g/mol. The third kappa shape index (κ3) is 3.89. The van der Waals surface area contributed by atoms with E-state index in [4.69, 9.17) is 0 Å². The molecule has 4 nitrogen and oxygen atoms in total. The Morgan fingerprint density at radius 3 is 2.54 bits per heavy atom. The summed E-state index contributed by atoms with van der Waals surface area (Å²) in [5.41, 5.74) is 4.38. The van der Waals surface area contributed by atoms with Gasteiger partial charge in [0.2, 0.25) is 5.91 Å². The molecule has 4 aromatic rings. The largest absolute Gasteiger partial charge is 0.507 e. The maximum Gasteiger partial charge on any atom is 0.228 e. The molecule has 0 aliphatic carbocycles. The van der Waals surface area contributed by atoms with Crippen LogP contribution in [0.5, 0.6) is 5.75 Å². The first-order chi connectivity index (χ1) is 13.6. The Kier molecular flexibility index (Phi) is 5.08. The Labute approximate surface area is 167 Å². The minimum absolute atomic E-state index is 0.0924. The smallest absolute Gasteiger partial charge is 0.228 e. The number of thiazole rings is 1. The number of hydrogen-bond acceptors (Lipinski definition) is 4. The quantitative estimate of drug-likeness (QED) is 0.449. The van der Waals surface area contributed by atoms with E-state index >= 15 is 0 Å². The predicted molar refractivity (Wildman–Crippen MR) is 115 cm³/mol. The van der Waals surface area contributed by atoms with E-state index in [1.54, 1.807) is 18.2 Å². The summed E-state index contributed by atoms with van der Waals surface area (Å²) in [5.74, 6) is 0.0531. The molecule has 140 valence electrons. The number of phenols is 1. The molecule has 0 aliphatic rings. The number of phenolic OH excluding ortho intramolecular Hbond substituents is 1. The summed E-state index contributed by atoms with van der Waals surface area (Å²) in [6, 6.07) is 21.0. The summed E-state index contributed by atoms with van der Waals surface area (Å²) in [5, 5.41) is 13.9. The Morgan fingerprint density at radius 2 is 1.79 bits per heavy atom. The lowest BCUT2D eigenvalue weighted by Gasteiger charge is -2.08. The zero-order chi connectivity index (χ0) is 19.5. The van der Waals surface area contributed by atoms with Crippen molar-refractivity contribution in [2.75, 3.05) is 5.32 Å². The van der Waals surface area contributed by atoms with E-state index < -0.39 is 0 Å². The van der Waals surface area contributed by atoms with Crippen LogP contribution >= 0.6 is 11.3 Å². The first-order valence-electron chi connectivity index (χ1n) is 9.19. The van der Waals surface area contributed by atoms with Crippen molar-refractivity contribution in [1.82, 2.24) is 4.98 Å². The number of hydrogen-bond donors (Lipinski definition) is 2. The number of carbonyl (C=O) groups is 1. The van der Waals surface area contributed by atoms with Crippen molar-refractivity contribution in [3.63, 3.8) is 0 Å². The molecule has 3 aromatic carbocycles. The molecule has 0 saturated heterocycles. The van der Waals surface area contributed by atoms with Gasteiger partial charge in [-0.25, -0.2) is 4.98 Å². The molecular weight excluding hydrogens is 368 g/mol. The highest BCUT2D eigenvalue weighted by molar-refractivity contribution is 7.21. The van der Waals surface area contributed by atoms with Crippen molar-refractivity contribution < 1.29 is 9.90 Å². The van der Waals surface area contributed by atoms with Crippen LogP contribution in [0.15, 0.2) is 66.7 Å². The summed E-state index contributed by atoms with van der Waals surface area (Å²) < 4.78 is 1.06. The molecule has 28 heavy (non-hydrogen) atoms. The summed E-state index contributed by atoms with van der Waals surface area (Å²) in [6.07, 6.45) is 1.29. The number of nitrogens with zero attached hydrogens (tertiary/aromatic N) is 1. The van der Waals surface area contributed by atoms with Gasteiger partial charge in [0, 0.05) is 5.69 Å². The fourth-order valence-electron chi connectivity index (χ4n) is 3.06. The van der Waals surface area contributed by atoms with Crippen molar-refractivity contribution >= 4 is 33.1 Å². The lowest BCUT2D eigenvalue weighted by Crippen LogP contribution is -2.14. The van der Waals surface area contributed by atoms with Gasteiger partial charge in [0.1, 0.15) is 10.8 Å². The normalized spacial score (nSPS) is 10.9. The van der Waals surface area contributed by atoms with Crippen LogP contribution in [0.25, 0.3) is 20.8 Å². The van der Waals surface area contributed by atoms with Crippen molar-refractivity contribution in [3.05, 3.63) is 77.9 Å². The summed E-state index contributed by atoms with van der Waals surface area (Å²) in [7, 11) is 0. The second-order valence-corrected chi connectivity index (χ2v) is 7.64. The fraction of sp³-hybridized carbons (Fsp3) is 0.130. The van der Waals surface area contributed by atoms with Crippen molar-refractivity contribution in [2.45, 2.75) is 19.8 Å². The van der Waals surface area contributed by atoms with Crippen LogP contribution < -0.4 is 5.32 Å². The molecule has 5 heteroatoms. The molecule has 1 amide bonds. The number of carbonyl (C=O) groups excluding carboxylic acids is 1. The Morgan fingerprint density at radius 1 is 1.04 bits per heavy atom. The zero-order valence-electron chi connectivity index (χ0n) is 15.5. The second kappa shape index (κ2) is 7.82. The van der Waals surface area contributed by atoms with Gasteiger partial charge in [-0.2, -0.15) is 0 Å². The van der Waals surface area contributed by atoms with Gasteiger partial charge in [-0.3, -0.25) is 4.79 Å². The highest BCUT2D eigenvalue weighted by atomic mass is 32.1. The van der Waals surface area contributed by atoms with Gasteiger partial charge >= 0.3 is 0 Å². The molecule has 2 N–H and O–H groups in total. The van der Waals surface area contributed by atoms with Crippen LogP contribution in [-0.4, -0.2) is 16.0 Å². The number of aryl methyl sites for hydroxylation is 1. The van der Waals surface area contributed by atoms with E-state index in [2.05, 4.69) is 29.4 Å². The summed E-state index contributed by atoms with van der Waals surface area (Å²) in [4.78, 5) is 17.0. The molecular formula is C23H20N2O2S. The van der Waals surface area contributed by atoms with Crippen molar-refractivity contribution in [1.29, 1.82) is 0 Å². The van der Waals surface area contributed by atoms with Gasteiger partial charge in [0.05, 0.1) is 22.2 Å². The average molecular weight is 388 g/mol. The summed E-state index contributed by atoms with van der Waals surface area (Å²) in [6.45, 7) is 2.11. The number of benzene rings is 3. The highest BCUT2D eigenvalue weighted by Crippen LogP contribution is 2.36. The molecule has 0 bridgehead atoms. The number of anilines is 1. The van der Waals surface area contributed by atoms with Gasteiger partial charge in [-0.1, -0.05) is 43.3 Å². The number of nitrogens with one attached hydrogen (secondary N) is 1. The van der Waals surface area contributed by atoms with Crippen LogP contribution in [0, 0.1) is 0 Å². The molecule has 0 fully saturated rings. The molecule has 4 rings (SSSR count). The number of aromatic nitrogens is 1. The van der Waals surface area contributed by atoms with E-state index in [1.807, 2.05) is 36.4 Å². The van der Waals surface area contributed by atoms with E-state index in [0.717, 1.165) is 27.2 Å². The summed E-state index contributed by atoms with van der Waals surface area (Å²) >= 11 is 1.51. The van der Waals surface area contributed by atoms with Crippen LogP contribution in [-0.2, 0) is 17.6 Å². The molecule has 0 aliphatic heterocycles. The van der Waals surface area contributed by atoms with Gasteiger partial charge in [-0.15, -0.1) is 11.3 Å². The Balaban J connectivity index is 1.53. The minimum atomic E-state index is -0.0924. The minimum Gasteiger partial charge on any atom is -0.507 e. The van der Waals surface area contributed by atoms with E-state index in [9.17, 15) is 9.90 Å². The van der Waals surface area contributed by atoms with Gasteiger partial charge in [0.15, 0.2) is 0 Å². The van der Waals surface area contributed by atoms with Crippen molar-refractivity contribution in [3.8, 4) is 16.3 Å². The Bertz CT molecular complexity index is 1100. The fourth-order valence-corrected chi connectivity index (χ4v) is 4.05. The van der Waals surface area contributed by atoms with E-state index in [0.29, 0.717) is 17.7 Å². The zero-order valence-corrected chi connectivity index (χ0v) is 16.3. The standard InChI is InChI=1S/C23H20N2O2S/c1-2-15-7-9-16(10-8-15)13-22(27)24-17-11-12-20(26)18(14-17)23-25-19-5-3-4-6-21(19)28-23/h3-12,14,26H,2,13H2,1H3,(H,24,27). The van der Waals surface area contributed by atoms with Crippen LogP contribution in [0.2, 0.25) is 0 Å². The third-order valence-corrected chi connectivity index (χ3v) is 5.67. The lowest BCUT2D eigenvalue weighted by molar-refractivity contribution is -0.115. The maximum atomic E-state index is 12.4. The second-order valence-electron chi connectivity index (χ2n) is 6.61. The molecule has 0 unspecified atom stereocenters. The SMILES string of the molecule is CCc1ccc(CC(=O)Nc2ccc(O)c(-c3nc4ccccc4s3)c2)cc1. The number of rotatable bonds is 5. The van der Waals surface area contributed by atoms with Crippen LogP contribution in [0.4, 0.5) is 5.69 Å². The van der Waals surface area contributed by atoms with Crippen LogP contribution in [0.1, 0.15) is 18.1 Å². The van der Waals surface area contributed by atoms with E-state index in [1.165, 1.54) is 16.9 Å². The first-order valence-corrected chi connectivity index (χ1v) is 10.0. The number of amides is 1. The maximum absolute atomic E-state index is 12.4. The number of aromatic hydroxyl groups is 1. The van der Waals surface area contributed by atoms with Gasteiger partial charge in [-0.05, 0) is 47.9 Å². The molecule has 1 aromatic heterocycles. The molecule has 0 saturated carbocycles. The van der Waals surface area contributed by atoms with Crippen LogP contribution in [0.3, 0.4) is 0 Å². The molecule has 0 radical (unpaired) electrons. The lowest BCUT2D eigenvalue weighted by atomic mass is 10.1. The average Bonchev–Trinajstić information content (AvgIpc) is 3.14. The van der Waals surface area contributed by atoms with Gasteiger partial charge in [0.25, 0.3) is 0 Å². The molecule has 0 atom stereocenters.